The number of nitrogens with one attached hydrogen (secondary N) is 1. The number of nitrogens with zero attached hydrogens (tertiary/aromatic N) is 3. The number of imidazole rings is 1. The van der Waals surface area contributed by atoms with E-state index in [1.807, 2.05) is 10.8 Å². The van der Waals surface area contributed by atoms with Gasteiger partial charge in [-0.1, -0.05) is 29.8 Å². The maximum Gasteiger partial charge on any atom is 0.257 e. The van der Waals surface area contributed by atoms with Crippen molar-refractivity contribution in [2.75, 3.05) is 23.7 Å². The lowest BCUT2D eigenvalue weighted by Crippen LogP contribution is -2.30. The molecule has 0 radical (unpaired) electrons. The molecular weight excluding hydrogens is 452 g/mol. The van der Waals surface area contributed by atoms with Gasteiger partial charge in [-0.3, -0.25) is 9.10 Å². The zero-order valence-corrected chi connectivity index (χ0v) is 19.2. The van der Waals surface area contributed by atoms with Crippen molar-refractivity contribution in [1.29, 1.82) is 0 Å². The Morgan fingerprint density at radius 2 is 1.94 bits per heavy atom. The van der Waals surface area contributed by atoms with E-state index in [4.69, 9.17) is 16.3 Å². The van der Waals surface area contributed by atoms with E-state index in [9.17, 15) is 13.2 Å². The van der Waals surface area contributed by atoms with Crippen molar-refractivity contribution in [3.8, 4) is 5.75 Å². The number of rotatable bonds is 11. The maximum absolute atomic E-state index is 12.3. The number of sulfonamides is 1. The normalized spacial score (nSPS) is 11.2. The molecule has 3 rings (SSSR count). The topological polar surface area (TPSA) is 93.5 Å². The highest BCUT2D eigenvalue weighted by molar-refractivity contribution is 7.92. The van der Waals surface area contributed by atoms with Gasteiger partial charge in [0.15, 0.2) is 6.61 Å². The minimum atomic E-state index is -3.54. The van der Waals surface area contributed by atoms with Crippen LogP contribution in [0.1, 0.15) is 12.0 Å². The molecule has 0 bridgehead atoms. The Bertz CT molecular complexity index is 1120. The van der Waals surface area contributed by atoms with Crippen molar-refractivity contribution in [2.45, 2.75) is 19.5 Å². The molecule has 0 fully saturated rings. The molecule has 3 aromatic rings. The van der Waals surface area contributed by atoms with E-state index in [0.29, 0.717) is 28.6 Å². The van der Waals surface area contributed by atoms with Crippen molar-refractivity contribution in [3.63, 3.8) is 0 Å². The molecule has 1 N–H and O–H groups in total. The van der Waals surface area contributed by atoms with Gasteiger partial charge in [0.05, 0.1) is 24.8 Å². The number of hydrogen-bond donors (Lipinski definition) is 1. The maximum atomic E-state index is 12.3. The molecule has 1 aromatic heterocycles. The Morgan fingerprint density at radius 1 is 1.19 bits per heavy atom. The van der Waals surface area contributed by atoms with Crippen LogP contribution in [0, 0.1) is 0 Å². The Labute approximate surface area is 192 Å². The molecule has 2 aromatic carbocycles. The Kier molecular flexibility index (Phi) is 8.13. The van der Waals surface area contributed by atoms with Gasteiger partial charge in [0.2, 0.25) is 10.0 Å². The highest BCUT2D eigenvalue weighted by Gasteiger charge is 2.19. The number of aromatic nitrogens is 2. The van der Waals surface area contributed by atoms with Crippen LogP contribution in [0.5, 0.6) is 5.75 Å². The molecule has 0 aliphatic heterocycles. The van der Waals surface area contributed by atoms with E-state index < -0.39 is 10.0 Å². The third-order valence-electron chi connectivity index (χ3n) is 4.64. The fourth-order valence-corrected chi connectivity index (χ4v) is 4.07. The number of carbonyl (C=O) groups is 1. The number of amides is 1. The number of carbonyl (C=O) groups excluding carboxylic acids is 1. The monoisotopic (exact) mass is 476 g/mol. The van der Waals surface area contributed by atoms with Crippen LogP contribution in [-0.4, -0.2) is 43.3 Å². The van der Waals surface area contributed by atoms with Crippen LogP contribution in [0.25, 0.3) is 0 Å². The summed E-state index contributed by atoms with van der Waals surface area (Å²) in [7, 11) is -3.54. The third kappa shape index (κ3) is 7.00. The van der Waals surface area contributed by atoms with Crippen LogP contribution in [0.2, 0.25) is 5.02 Å². The van der Waals surface area contributed by atoms with Gasteiger partial charge in [0, 0.05) is 30.5 Å². The SMILES string of the molecule is CS(=O)(=O)N(Cc1ccccc1Cl)c1ccc(OCC(=O)NCCCn2ccnc2)cc1. The molecular formula is C22H25ClN4O4S. The quantitative estimate of drug-likeness (QED) is 0.429. The van der Waals surface area contributed by atoms with Crippen molar-refractivity contribution < 1.29 is 17.9 Å². The van der Waals surface area contributed by atoms with E-state index in [1.54, 1.807) is 61.1 Å². The molecule has 1 amide bonds. The summed E-state index contributed by atoms with van der Waals surface area (Å²) in [6, 6.07) is 13.6. The highest BCUT2D eigenvalue weighted by atomic mass is 35.5. The van der Waals surface area contributed by atoms with Crippen molar-refractivity contribution >= 4 is 33.2 Å². The number of ether oxygens (including phenoxy) is 1. The van der Waals surface area contributed by atoms with Crippen molar-refractivity contribution in [1.82, 2.24) is 14.9 Å². The van der Waals surface area contributed by atoms with E-state index in [0.717, 1.165) is 19.2 Å². The average molecular weight is 477 g/mol. The summed E-state index contributed by atoms with van der Waals surface area (Å²) in [5, 5.41) is 3.30. The third-order valence-corrected chi connectivity index (χ3v) is 6.15. The zero-order valence-electron chi connectivity index (χ0n) is 17.6. The van der Waals surface area contributed by atoms with Gasteiger partial charge in [0.25, 0.3) is 5.91 Å². The molecule has 8 nitrogen and oxygen atoms in total. The second-order valence-electron chi connectivity index (χ2n) is 7.15. The average Bonchev–Trinajstić information content (AvgIpc) is 3.28. The van der Waals surface area contributed by atoms with Crippen molar-refractivity contribution in [3.05, 3.63) is 77.8 Å². The Morgan fingerprint density at radius 3 is 2.59 bits per heavy atom. The molecule has 10 heteroatoms. The second kappa shape index (κ2) is 11.0. The molecule has 0 saturated heterocycles. The predicted octanol–water partition coefficient (Wildman–Crippen LogP) is 3.09. The van der Waals surface area contributed by atoms with E-state index in [1.165, 1.54) is 4.31 Å². The summed E-state index contributed by atoms with van der Waals surface area (Å²) in [4.78, 5) is 15.9. The van der Waals surface area contributed by atoms with Gasteiger partial charge < -0.3 is 14.6 Å². The van der Waals surface area contributed by atoms with Gasteiger partial charge in [-0.25, -0.2) is 13.4 Å². The smallest absolute Gasteiger partial charge is 0.257 e. The minimum absolute atomic E-state index is 0.111. The van der Waals surface area contributed by atoms with Gasteiger partial charge in [0.1, 0.15) is 5.75 Å². The highest BCUT2D eigenvalue weighted by Crippen LogP contribution is 2.26. The number of anilines is 1. The van der Waals surface area contributed by atoms with Crippen LogP contribution >= 0.6 is 11.6 Å². The molecule has 1 heterocycles. The van der Waals surface area contributed by atoms with Crippen LogP contribution in [0.4, 0.5) is 5.69 Å². The first kappa shape index (κ1) is 23.6. The standard InChI is InChI=1S/C22H25ClN4O4S/c1-32(29,30)27(15-18-5-2-3-6-21(18)23)19-7-9-20(10-8-19)31-16-22(28)25-11-4-13-26-14-12-24-17-26/h2-3,5-10,12,14,17H,4,11,13,15-16H2,1H3,(H,25,28). The fourth-order valence-electron chi connectivity index (χ4n) is 3.00. The van der Waals surface area contributed by atoms with Gasteiger partial charge in [-0.15, -0.1) is 0 Å². The molecule has 0 saturated carbocycles. The molecule has 0 atom stereocenters. The van der Waals surface area contributed by atoms with Gasteiger partial charge >= 0.3 is 0 Å². The molecule has 32 heavy (non-hydrogen) atoms. The van der Waals surface area contributed by atoms with Crippen LogP contribution in [0.15, 0.2) is 67.3 Å². The first-order valence-electron chi connectivity index (χ1n) is 9.99. The Hall–Kier alpha value is -3.04. The molecule has 0 aliphatic rings. The minimum Gasteiger partial charge on any atom is -0.484 e. The molecule has 0 spiro atoms. The molecule has 0 unspecified atom stereocenters. The zero-order chi connectivity index (χ0) is 23.0. The number of halogens is 1. The lowest BCUT2D eigenvalue weighted by molar-refractivity contribution is -0.123. The first-order chi connectivity index (χ1) is 15.3. The van der Waals surface area contributed by atoms with E-state index >= 15 is 0 Å². The predicted molar refractivity (Wildman–Crippen MR) is 124 cm³/mol. The summed E-state index contributed by atoms with van der Waals surface area (Å²) in [6.07, 6.45) is 7.24. The molecule has 170 valence electrons. The fraction of sp³-hybridized carbons (Fsp3) is 0.273. The lowest BCUT2D eigenvalue weighted by atomic mass is 10.2. The Balaban J connectivity index is 1.52. The van der Waals surface area contributed by atoms with Crippen molar-refractivity contribution in [2.24, 2.45) is 0 Å². The molecule has 0 aliphatic carbocycles. The van der Waals surface area contributed by atoms with Gasteiger partial charge in [-0.05, 0) is 42.3 Å². The summed E-state index contributed by atoms with van der Waals surface area (Å²) in [5.74, 6) is 0.240. The second-order valence-corrected chi connectivity index (χ2v) is 9.46. The number of benzene rings is 2. The van der Waals surface area contributed by atoms with Crippen LogP contribution < -0.4 is 14.4 Å². The summed E-state index contributed by atoms with van der Waals surface area (Å²) >= 11 is 6.19. The lowest BCUT2D eigenvalue weighted by Gasteiger charge is -2.23. The largest absolute Gasteiger partial charge is 0.484 e. The summed E-state index contributed by atoms with van der Waals surface area (Å²) < 4.78 is 33.4. The van der Waals surface area contributed by atoms with E-state index in [-0.39, 0.29) is 19.1 Å². The van der Waals surface area contributed by atoms with Crippen LogP contribution in [0.3, 0.4) is 0 Å². The number of aryl methyl sites for hydroxylation is 1. The summed E-state index contributed by atoms with van der Waals surface area (Å²) in [6.45, 7) is 1.29. The number of hydrogen-bond acceptors (Lipinski definition) is 5. The van der Waals surface area contributed by atoms with E-state index in [2.05, 4.69) is 10.3 Å². The summed E-state index contributed by atoms with van der Waals surface area (Å²) in [5.41, 5.74) is 1.17. The van der Waals surface area contributed by atoms with Gasteiger partial charge in [-0.2, -0.15) is 0 Å². The van der Waals surface area contributed by atoms with Crippen LogP contribution in [-0.2, 0) is 27.9 Å². The first-order valence-corrected chi connectivity index (χ1v) is 12.2.